The number of amides is 1. The zero-order valence-electron chi connectivity index (χ0n) is 22.0. The molecule has 0 aromatic carbocycles. The normalized spacial score (nSPS) is 16.1. The van der Waals surface area contributed by atoms with Gasteiger partial charge in [-0.05, 0) is 44.4 Å². The number of rotatable bonds is 7. The average molecular weight is 534 g/mol. The van der Waals surface area contributed by atoms with Gasteiger partial charge in [0, 0.05) is 43.8 Å². The molecule has 2 N–H and O–H groups in total. The summed E-state index contributed by atoms with van der Waals surface area (Å²) >= 11 is 0. The number of nitrogens with one attached hydrogen (secondary N) is 1. The van der Waals surface area contributed by atoms with Crippen LogP contribution in [0.2, 0.25) is 0 Å². The van der Waals surface area contributed by atoms with Crippen LogP contribution in [-0.2, 0) is 9.59 Å². The van der Waals surface area contributed by atoms with E-state index in [1.165, 1.54) is 6.92 Å². The number of hydrogen-bond acceptors (Lipinski definition) is 9. The van der Waals surface area contributed by atoms with Crippen LogP contribution in [0.1, 0.15) is 61.0 Å². The van der Waals surface area contributed by atoms with Crippen molar-refractivity contribution in [3.8, 4) is 0 Å². The fourth-order valence-corrected chi connectivity index (χ4v) is 5.53. The molecule has 39 heavy (non-hydrogen) atoms. The van der Waals surface area contributed by atoms with Crippen LogP contribution in [0.15, 0.2) is 29.3 Å². The van der Waals surface area contributed by atoms with E-state index in [-0.39, 0.29) is 28.9 Å². The molecule has 1 aliphatic heterocycles. The summed E-state index contributed by atoms with van der Waals surface area (Å²) in [5, 5.41) is 12.6. The van der Waals surface area contributed by atoms with Gasteiger partial charge in [-0.15, -0.1) is 0 Å². The van der Waals surface area contributed by atoms with Crippen LogP contribution in [0.4, 0.5) is 17.5 Å². The van der Waals surface area contributed by atoms with Gasteiger partial charge in [-0.25, -0.2) is 9.97 Å². The molecule has 0 atom stereocenters. The molecule has 0 radical (unpaired) electrons. The van der Waals surface area contributed by atoms with E-state index in [1.54, 1.807) is 34.9 Å². The number of fused-ring (bicyclic) bond motifs is 1. The molecule has 5 rings (SSSR count). The molecule has 2 aliphatic rings. The van der Waals surface area contributed by atoms with E-state index in [9.17, 15) is 19.2 Å². The molecule has 1 saturated heterocycles. The van der Waals surface area contributed by atoms with Crippen LogP contribution >= 0.6 is 0 Å². The zero-order valence-corrected chi connectivity index (χ0v) is 22.0. The van der Waals surface area contributed by atoms with Gasteiger partial charge < -0.3 is 20.2 Å². The minimum absolute atomic E-state index is 0.00116. The smallest absolute Gasteiger partial charge is 0.312 e. The SMILES string of the molecule is CC(=O)c1c(C)c2cnc(Nc3ccc(N4CCN(C(=O)CC(=O)O)CC4)cn3)nc2n(C2CCCC2)c1=O. The fourth-order valence-electron chi connectivity index (χ4n) is 5.53. The molecule has 3 aromatic heterocycles. The highest BCUT2D eigenvalue weighted by Crippen LogP contribution is 2.32. The molecule has 3 aromatic rings. The molecule has 1 aliphatic carbocycles. The highest BCUT2D eigenvalue weighted by molar-refractivity contribution is 5.99. The Balaban J connectivity index is 1.35. The number of anilines is 3. The second kappa shape index (κ2) is 10.8. The first-order valence-electron chi connectivity index (χ1n) is 13.1. The molecule has 12 heteroatoms. The maximum Gasteiger partial charge on any atom is 0.312 e. The van der Waals surface area contributed by atoms with Gasteiger partial charge in [-0.1, -0.05) is 12.8 Å². The number of carbonyl (C=O) groups is 3. The van der Waals surface area contributed by atoms with Crippen LogP contribution in [0.3, 0.4) is 0 Å². The number of carbonyl (C=O) groups excluding carboxylic acids is 2. The Morgan fingerprint density at radius 2 is 1.77 bits per heavy atom. The summed E-state index contributed by atoms with van der Waals surface area (Å²) in [5.74, 6) is -0.926. The summed E-state index contributed by atoms with van der Waals surface area (Å²) in [6.07, 6.45) is 6.67. The molecule has 0 spiro atoms. The molecular formula is C27H31N7O5. The van der Waals surface area contributed by atoms with Crippen LogP contribution in [0, 0.1) is 6.92 Å². The third-order valence-corrected chi connectivity index (χ3v) is 7.54. The summed E-state index contributed by atoms with van der Waals surface area (Å²) in [6, 6.07) is 3.71. The molecule has 1 saturated carbocycles. The number of nitrogens with zero attached hydrogens (tertiary/aromatic N) is 6. The number of pyridine rings is 2. The monoisotopic (exact) mass is 533 g/mol. The van der Waals surface area contributed by atoms with Gasteiger partial charge in [0.2, 0.25) is 11.9 Å². The van der Waals surface area contributed by atoms with Gasteiger partial charge in [-0.2, -0.15) is 4.98 Å². The van der Waals surface area contributed by atoms with E-state index in [0.717, 1.165) is 31.4 Å². The molecule has 0 bridgehead atoms. The fraction of sp³-hybridized carbons (Fsp3) is 0.444. The third kappa shape index (κ3) is 5.31. The number of ketones is 1. The Kier molecular flexibility index (Phi) is 7.27. The Bertz CT molecular complexity index is 1490. The lowest BCUT2D eigenvalue weighted by atomic mass is 10.0. The molecule has 4 heterocycles. The second-order valence-corrected chi connectivity index (χ2v) is 10.1. The summed E-state index contributed by atoms with van der Waals surface area (Å²) in [7, 11) is 0. The van der Waals surface area contributed by atoms with E-state index < -0.39 is 12.4 Å². The molecule has 1 amide bonds. The highest BCUT2D eigenvalue weighted by Gasteiger charge is 2.26. The van der Waals surface area contributed by atoms with Crippen molar-refractivity contribution in [3.63, 3.8) is 0 Å². The van der Waals surface area contributed by atoms with Crippen LogP contribution in [0.5, 0.6) is 0 Å². The molecule has 2 fully saturated rings. The maximum atomic E-state index is 13.4. The summed E-state index contributed by atoms with van der Waals surface area (Å²) in [6.45, 7) is 5.23. The van der Waals surface area contributed by atoms with Crippen LogP contribution < -0.4 is 15.8 Å². The van der Waals surface area contributed by atoms with E-state index in [2.05, 4.69) is 20.2 Å². The molecular weight excluding hydrogens is 502 g/mol. The third-order valence-electron chi connectivity index (χ3n) is 7.54. The van der Waals surface area contributed by atoms with E-state index in [4.69, 9.17) is 10.1 Å². The Morgan fingerprint density at radius 1 is 1.05 bits per heavy atom. The largest absolute Gasteiger partial charge is 0.481 e. The van der Waals surface area contributed by atoms with Crippen molar-refractivity contribution in [2.24, 2.45) is 0 Å². The van der Waals surface area contributed by atoms with Crippen molar-refractivity contribution in [2.75, 3.05) is 36.4 Å². The Hall–Kier alpha value is -4.35. The summed E-state index contributed by atoms with van der Waals surface area (Å²) < 4.78 is 1.68. The van der Waals surface area contributed by atoms with Gasteiger partial charge in [0.15, 0.2) is 5.78 Å². The Labute approximate surface area is 224 Å². The quantitative estimate of drug-likeness (QED) is 0.343. The lowest BCUT2D eigenvalue weighted by Crippen LogP contribution is -2.49. The van der Waals surface area contributed by atoms with Gasteiger partial charge >= 0.3 is 5.97 Å². The average Bonchev–Trinajstić information content (AvgIpc) is 3.43. The van der Waals surface area contributed by atoms with Crippen molar-refractivity contribution in [1.29, 1.82) is 0 Å². The van der Waals surface area contributed by atoms with Gasteiger partial charge in [-0.3, -0.25) is 23.7 Å². The van der Waals surface area contributed by atoms with Crippen molar-refractivity contribution >= 4 is 46.1 Å². The lowest BCUT2D eigenvalue weighted by molar-refractivity contribution is -0.144. The standard InChI is InChI=1S/C27H31N7O5/c1-16-20-15-29-27(31-25(20)34(18-5-3-4-6-18)26(39)24(16)17(2)35)30-21-8-7-19(14-28-21)32-9-11-33(12-10-32)22(36)13-23(37)38/h7-8,14-15,18H,3-6,9-13H2,1-2H3,(H,37,38)(H,28,29,30,31). The zero-order chi connectivity index (χ0) is 27.7. The number of carboxylic acids is 1. The van der Waals surface area contributed by atoms with E-state index in [1.807, 2.05) is 6.07 Å². The number of Topliss-reactive ketones (excluding diaryl/α,β-unsaturated/α-hetero) is 1. The first kappa shape index (κ1) is 26.3. The van der Waals surface area contributed by atoms with E-state index in [0.29, 0.717) is 54.5 Å². The molecule has 204 valence electrons. The summed E-state index contributed by atoms with van der Waals surface area (Å²) in [4.78, 5) is 65.8. The number of piperazine rings is 1. The number of hydrogen-bond donors (Lipinski definition) is 2. The first-order valence-corrected chi connectivity index (χ1v) is 13.1. The van der Waals surface area contributed by atoms with Gasteiger partial charge in [0.05, 0.1) is 17.4 Å². The van der Waals surface area contributed by atoms with Crippen molar-refractivity contribution in [2.45, 2.75) is 52.0 Å². The minimum Gasteiger partial charge on any atom is -0.481 e. The highest BCUT2D eigenvalue weighted by atomic mass is 16.4. The molecule has 0 unspecified atom stereocenters. The molecule has 12 nitrogen and oxygen atoms in total. The van der Waals surface area contributed by atoms with Crippen LogP contribution in [-0.4, -0.2) is 73.4 Å². The van der Waals surface area contributed by atoms with Crippen molar-refractivity contribution < 1.29 is 19.5 Å². The predicted molar refractivity (Wildman–Crippen MR) is 145 cm³/mol. The summed E-state index contributed by atoms with van der Waals surface area (Å²) in [5.41, 5.74) is 1.89. The predicted octanol–water partition coefficient (Wildman–Crippen LogP) is 2.68. The number of carboxylic acid groups (broad SMARTS) is 1. The second-order valence-electron chi connectivity index (χ2n) is 10.1. The minimum atomic E-state index is -1.12. The number of aliphatic carboxylic acids is 1. The van der Waals surface area contributed by atoms with Gasteiger partial charge in [0.25, 0.3) is 5.56 Å². The number of aryl methyl sites for hydroxylation is 1. The van der Waals surface area contributed by atoms with Crippen LogP contribution in [0.25, 0.3) is 11.0 Å². The number of aromatic nitrogens is 4. The topological polar surface area (TPSA) is 151 Å². The van der Waals surface area contributed by atoms with E-state index >= 15 is 0 Å². The van der Waals surface area contributed by atoms with Crippen molar-refractivity contribution in [3.05, 3.63) is 46.0 Å². The van der Waals surface area contributed by atoms with Gasteiger partial charge in [0.1, 0.15) is 17.9 Å². The maximum absolute atomic E-state index is 13.4. The van der Waals surface area contributed by atoms with Crippen molar-refractivity contribution in [1.82, 2.24) is 24.4 Å². The first-order chi connectivity index (χ1) is 18.7. The Morgan fingerprint density at radius 3 is 2.38 bits per heavy atom. The lowest BCUT2D eigenvalue weighted by Gasteiger charge is -2.35.